The van der Waals surface area contributed by atoms with Crippen LogP contribution in [0.1, 0.15) is 11.1 Å². The Bertz CT molecular complexity index is 628. The first kappa shape index (κ1) is 10.5. The number of aliphatic hydroxyl groups excluding tert-OH is 1. The molecule has 0 fully saturated rings. The molecule has 0 aliphatic rings. The second-order valence-electron chi connectivity index (χ2n) is 3.95. The SMILES string of the molecule is OCc1cn(Cc2ccsc2)c2ncccc12. The number of rotatable bonds is 3. The third-order valence-corrected chi connectivity index (χ3v) is 3.55. The zero-order chi connectivity index (χ0) is 11.7. The lowest BCUT2D eigenvalue weighted by Gasteiger charge is -2.01. The number of fused-ring (bicyclic) bond motifs is 1. The van der Waals surface area contributed by atoms with Crippen molar-refractivity contribution in [2.45, 2.75) is 13.2 Å². The molecule has 0 saturated heterocycles. The molecule has 0 aliphatic heterocycles. The Morgan fingerprint density at radius 3 is 3.06 bits per heavy atom. The molecule has 0 amide bonds. The Hall–Kier alpha value is -1.65. The smallest absolute Gasteiger partial charge is 0.140 e. The summed E-state index contributed by atoms with van der Waals surface area (Å²) < 4.78 is 2.09. The van der Waals surface area contributed by atoms with Gasteiger partial charge in [0.2, 0.25) is 0 Å². The number of hydrogen-bond acceptors (Lipinski definition) is 3. The second-order valence-corrected chi connectivity index (χ2v) is 4.73. The Morgan fingerprint density at radius 2 is 2.29 bits per heavy atom. The standard InChI is InChI=1S/C13H12N2OS/c16-8-11-7-15(6-10-3-5-17-9-10)13-12(11)2-1-4-14-13/h1-5,7,9,16H,6,8H2. The molecule has 0 aliphatic carbocycles. The molecule has 17 heavy (non-hydrogen) atoms. The van der Waals surface area contributed by atoms with Gasteiger partial charge in [0.15, 0.2) is 0 Å². The van der Waals surface area contributed by atoms with Crippen LogP contribution in [0.3, 0.4) is 0 Å². The molecule has 3 rings (SSSR count). The average molecular weight is 244 g/mol. The quantitative estimate of drug-likeness (QED) is 0.769. The van der Waals surface area contributed by atoms with Crippen molar-refractivity contribution in [1.29, 1.82) is 0 Å². The van der Waals surface area contributed by atoms with E-state index >= 15 is 0 Å². The molecule has 0 unspecified atom stereocenters. The molecule has 0 atom stereocenters. The highest BCUT2D eigenvalue weighted by atomic mass is 32.1. The molecule has 1 N–H and O–H groups in total. The highest BCUT2D eigenvalue weighted by Crippen LogP contribution is 2.20. The van der Waals surface area contributed by atoms with Gasteiger partial charge in [-0.25, -0.2) is 4.98 Å². The van der Waals surface area contributed by atoms with E-state index in [9.17, 15) is 5.11 Å². The van der Waals surface area contributed by atoms with Crippen LogP contribution in [0.25, 0.3) is 11.0 Å². The van der Waals surface area contributed by atoms with Crippen LogP contribution < -0.4 is 0 Å². The number of aliphatic hydroxyl groups is 1. The molecule has 86 valence electrons. The summed E-state index contributed by atoms with van der Waals surface area (Å²) in [5.41, 5.74) is 3.13. The molecule has 3 heterocycles. The molecule has 3 aromatic heterocycles. The third kappa shape index (κ3) is 1.85. The summed E-state index contributed by atoms with van der Waals surface area (Å²) in [4.78, 5) is 4.39. The lowest BCUT2D eigenvalue weighted by Crippen LogP contribution is -1.97. The van der Waals surface area contributed by atoms with E-state index in [-0.39, 0.29) is 6.61 Å². The molecule has 3 nitrogen and oxygen atoms in total. The normalized spacial score (nSPS) is 11.1. The van der Waals surface area contributed by atoms with Crippen molar-refractivity contribution in [3.8, 4) is 0 Å². The number of aromatic nitrogens is 2. The van der Waals surface area contributed by atoms with Crippen LogP contribution in [-0.2, 0) is 13.2 Å². The van der Waals surface area contributed by atoms with Gasteiger partial charge in [-0.05, 0) is 34.5 Å². The Balaban J connectivity index is 2.10. The highest BCUT2D eigenvalue weighted by molar-refractivity contribution is 7.07. The first-order chi connectivity index (χ1) is 8.38. The van der Waals surface area contributed by atoms with Gasteiger partial charge in [-0.3, -0.25) is 0 Å². The maximum atomic E-state index is 9.34. The fraction of sp³-hybridized carbons (Fsp3) is 0.154. The van der Waals surface area contributed by atoms with E-state index < -0.39 is 0 Å². The number of nitrogens with zero attached hydrogens (tertiary/aromatic N) is 2. The molecule has 0 bridgehead atoms. The van der Waals surface area contributed by atoms with Crippen molar-refractivity contribution in [3.63, 3.8) is 0 Å². The number of pyridine rings is 1. The van der Waals surface area contributed by atoms with E-state index in [1.807, 2.05) is 18.3 Å². The topological polar surface area (TPSA) is 38.0 Å². The van der Waals surface area contributed by atoms with Crippen LogP contribution in [-0.4, -0.2) is 14.7 Å². The molecular weight excluding hydrogens is 232 g/mol. The zero-order valence-corrected chi connectivity index (χ0v) is 10.0. The summed E-state index contributed by atoms with van der Waals surface area (Å²) in [5.74, 6) is 0. The van der Waals surface area contributed by atoms with Crippen LogP contribution >= 0.6 is 11.3 Å². The lowest BCUT2D eigenvalue weighted by atomic mass is 10.2. The van der Waals surface area contributed by atoms with Gasteiger partial charge in [-0.15, -0.1) is 0 Å². The lowest BCUT2D eigenvalue weighted by molar-refractivity contribution is 0.283. The van der Waals surface area contributed by atoms with Gasteiger partial charge in [-0.1, -0.05) is 0 Å². The van der Waals surface area contributed by atoms with E-state index in [1.54, 1.807) is 17.5 Å². The van der Waals surface area contributed by atoms with Crippen LogP contribution in [0.15, 0.2) is 41.4 Å². The van der Waals surface area contributed by atoms with E-state index in [0.29, 0.717) is 0 Å². The van der Waals surface area contributed by atoms with Gasteiger partial charge in [-0.2, -0.15) is 11.3 Å². The van der Waals surface area contributed by atoms with Gasteiger partial charge in [0.05, 0.1) is 6.61 Å². The molecule has 3 aromatic rings. The van der Waals surface area contributed by atoms with Crippen molar-refractivity contribution in [2.75, 3.05) is 0 Å². The van der Waals surface area contributed by atoms with Crippen LogP contribution in [0.4, 0.5) is 0 Å². The Labute approximate surface area is 103 Å². The van der Waals surface area contributed by atoms with Gasteiger partial charge in [0.25, 0.3) is 0 Å². The van der Waals surface area contributed by atoms with Gasteiger partial charge in [0.1, 0.15) is 5.65 Å². The molecule has 4 heteroatoms. The monoisotopic (exact) mass is 244 g/mol. The first-order valence-corrected chi connectivity index (χ1v) is 6.37. The van der Waals surface area contributed by atoms with Gasteiger partial charge < -0.3 is 9.67 Å². The Morgan fingerprint density at radius 1 is 1.35 bits per heavy atom. The molecule has 0 aromatic carbocycles. The van der Waals surface area contributed by atoms with Gasteiger partial charge in [0, 0.05) is 29.9 Å². The summed E-state index contributed by atoms with van der Waals surface area (Å²) in [6.07, 6.45) is 3.77. The fourth-order valence-corrected chi connectivity index (χ4v) is 2.68. The predicted molar refractivity (Wildman–Crippen MR) is 69.1 cm³/mol. The summed E-state index contributed by atoms with van der Waals surface area (Å²) in [7, 11) is 0. The van der Waals surface area contributed by atoms with Crippen LogP contribution in [0.5, 0.6) is 0 Å². The summed E-state index contributed by atoms with van der Waals surface area (Å²) in [5, 5.41) is 14.6. The zero-order valence-electron chi connectivity index (χ0n) is 9.21. The maximum absolute atomic E-state index is 9.34. The fourth-order valence-electron chi connectivity index (χ4n) is 2.02. The van der Waals surface area contributed by atoms with Crippen molar-refractivity contribution < 1.29 is 5.11 Å². The largest absolute Gasteiger partial charge is 0.392 e. The molecular formula is C13H12N2OS. The molecule has 0 spiro atoms. The van der Waals surface area contributed by atoms with Crippen molar-refractivity contribution in [3.05, 3.63) is 52.5 Å². The second kappa shape index (κ2) is 4.31. The Kier molecular flexibility index (Phi) is 2.66. The van der Waals surface area contributed by atoms with E-state index in [0.717, 1.165) is 23.1 Å². The van der Waals surface area contributed by atoms with E-state index in [4.69, 9.17) is 0 Å². The maximum Gasteiger partial charge on any atom is 0.140 e. The van der Waals surface area contributed by atoms with E-state index in [1.165, 1.54) is 5.56 Å². The molecule has 0 radical (unpaired) electrons. The van der Waals surface area contributed by atoms with Crippen molar-refractivity contribution in [2.24, 2.45) is 0 Å². The molecule has 0 saturated carbocycles. The minimum atomic E-state index is 0.0544. The summed E-state index contributed by atoms with van der Waals surface area (Å²) in [6, 6.07) is 6.01. The number of thiophene rings is 1. The van der Waals surface area contributed by atoms with E-state index in [2.05, 4.69) is 26.4 Å². The first-order valence-electron chi connectivity index (χ1n) is 5.43. The van der Waals surface area contributed by atoms with Crippen molar-refractivity contribution in [1.82, 2.24) is 9.55 Å². The minimum absolute atomic E-state index is 0.0544. The van der Waals surface area contributed by atoms with Crippen LogP contribution in [0.2, 0.25) is 0 Å². The average Bonchev–Trinajstić information content (AvgIpc) is 2.98. The van der Waals surface area contributed by atoms with Crippen LogP contribution in [0, 0.1) is 0 Å². The minimum Gasteiger partial charge on any atom is -0.392 e. The van der Waals surface area contributed by atoms with Gasteiger partial charge >= 0.3 is 0 Å². The predicted octanol–water partition coefficient (Wildman–Crippen LogP) is 2.64. The highest BCUT2D eigenvalue weighted by Gasteiger charge is 2.08. The summed E-state index contributed by atoms with van der Waals surface area (Å²) in [6.45, 7) is 0.857. The number of hydrogen-bond donors (Lipinski definition) is 1. The summed E-state index contributed by atoms with van der Waals surface area (Å²) >= 11 is 1.69. The third-order valence-electron chi connectivity index (χ3n) is 2.82. The van der Waals surface area contributed by atoms with Crippen molar-refractivity contribution >= 4 is 22.4 Å².